The predicted octanol–water partition coefficient (Wildman–Crippen LogP) is 3.57. The number of anilines is 1. The van der Waals surface area contributed by atoms with Gasteiger partial charge in [0.1, 0.15) is 17.2 Å². The van der Waals surface area contributed by atoms with Gasteiger partial charge in [-0.3, -0.25) is 0 Å². The number of aryl methyl sites for hydroxylation is 1. The second-order valence-electron chi connectivity index (χ2n) is 7.06. The van der Waals surface area contributed by atoms with Gasteiger partial charge in [-0.1, -0.05) is 11.6 Å². The van der Waals surface area contributed by atoms with Gasteiger partial charge in [-0.05, 0) is 25.1 Å². The Morgan fingerprint density at radius 2 is 1.86 bits per heavy atom. The number of nitrogens with zero attached hydrogens (tertiary/aromatic N) is 4. The second-order valence-corrected chi connectivity index (χ2v) is 9.12. The molecule has 4 rings (SSSR count). The molecule has 2 N–H and O–H groups in total. The zero-order valence-corrected chi connectivity index (χ0v) is 20.1. The Morgan fingerprint density at radius 3 is 2.43 bits per heavy atom. The first-order valence-corrected chi connectivity index (χ1v) is 11.8. The number of ether oxygens (including phenoxy) is 3. The largest absolute Gasteiger partial charge is 0.478 e. The van der Waals surface area contributed by atoms with Gasteiger partial charge in [0.15, 0.2) is 0 Å². The van der Waals surface area contributed by atoms with Crippen molar-refractivity contribution in [3.63, 3.8) is 0 Å². The third-order valence-corrected chi connectivity index (χ3v) is 6.52. The van der Waals surface area contributed by atoms with Gasteiger partial charge in [-0.2, -0.15) is 15.1 Å². The van der Waals surface area contributed by atoms with E-state index in [0.29, 0.717) is 21.6 Å². The molecule has 0 aliphatic rings. The summed E-state index contributed by atoms with van der Waals surface area (Å²) >= 11 is 6.39. The fourth-order valence-electron chi connectivity index (χ4n) is 3.34. The minimum Gasteiger partial charge on any atom is -0.478 e. The first-order chi connectivity index (χ1) is 16.7. The van der Waals surface area contributed by atoms with E-state index < -0.39 is 29.0 Å². The molecular weight excluding hydrogens is 510 g/mol. The van der Waals surface area contributed by atoms with Crippen molar-refractivity contribution in [2.45, 2.75) is 18.2 Å². The lowest BCUT2D eigenvalue weighted by Crippen LogP contribution is -2.16. The van der Waals surface area contributed by atoms with Crippen molar-refractivity contribution in [1.29, 1.82) is 0 Å². The Bertz CT molecular complexity index is 1470. The summed E-state index contributed by atoms with van der Waals surface area (Å²) in [6.45, 7) is 0.869. The van der Waals surface area contributed by atoms with Crippen LogP contribution in [0, 0.1) is 6.92 Å². The number of benzene rings is 1. The summed E-state index contributed by atoms with van der Waals surface area (Å²) in [5, 5.41) is 4.95. The number of sulfonamides is 1. The molecule has 0 amide bonds. The highest BCUT2D eigenvalue weighted by atomic mass is 35.5. The van der Waals surface area contributed by atoms with Gasteiger partial charge in [-0.15, -0.1) is 0 Å². The zero-order chi connectivity index (χ0) is 25.3. The van der Waals surface area contributed by atoms with E-state index >= 15 is 0 Å². The van der Waals surface area contributed by atoms with Crippen molar-refractivity contribution in [1.82, 2.24) is 24.7 Å². The van der Waals surface area contributed by atoms with Crippen LogP contribution in [0.25, 0.3) is 16.6 Å². The predicted molar refractivity (Wildman–Crippen MR) is 123 cm³/mol. The van der Waals surface area contributed by atoms with Gasteiger partial charge in [0.2, 0.25) is 11.7 Å². The molecule has 0 fully saturated rings. The number of nitrogens with one attached hydrogen (secondary N) is 2. The number of aromatic amines is 1. The van der Waals surface area contributed by atoms with Gasteiger partial charge >= 0.3 is 0 Å². The lowest BCUT2D eigenvalue weighted by atomic mass is 10.2. The van der Waals surface area contributed by atoms with Crippen molar-refractivity contribution in [2.24, 2.45) is 0 Å². The van der Waals surface area contributed by atoms with Crippen LogP contribution in [0.3, 0.4) is 0 Å². The third-order valence-electron chi connectivity index (χ3n) is 4.84. The summed E-state index contributed by atoms with van der Waals surface area (Å²) in [7, 11) is -1.83. The average Bonchev–Trinajstić information content (AvgIpc) is 3.43. The number of methoxy groups -OCH3 is 2. The fourth-order valence-corrected chi connectivity index (χ4v) is 4.70. The number of hydrogen-bond acceptors (Lipinski definition) is 8. The van der Waals surface area contributed by atoms with Gasteiger partial charge in [0, 0.05) is 23.5 Å². The number of rotatable bonds is 9. The van der Waals surface area contributed by atoms with Gasteiger partial charge in [0.05, 0.1) is 24.8 Å². The van der Waals surface area contributed by atoms with Crippen LogP contribution in [-0.4, -0.2) is 60.4 Å². The minimum absolute atomic E-state index is 0.116. The Balaban J connectivity index is 1.75. The van der Waals surface area contributed by atoms with Crippen LogP contribution in [0.5, 0.6) is 17.5 Å². The molecular formula is C20H19ClF2N6O5S. The quantitative estimate of drug-likeness (QED) is 0.337. The molecule has 3 aromatic heterocycles. The van der Waals surface area contributed by atoms with E-state index in [1.54, 1.807) is 29.1 Å². The molecule has 3 heterocycles. The smallest absolute Gasteiger partial charge is 0.272 e. The van der Waals surface area contributed by atoms with Crippen molar-refractivity contribution < 1.29 is 31.4 Å². The topological polar surface area (TPSA) is 133 Å². The summed E-state index contributed by atoms with van der Waals surface area (Å²) < 4.78 is 70.6. The maximum Gasteiger partial charge on any atom is 0.272 e. The number of H-pyrrole nitrogens is 1. The van der Waals surface area contributed by atoms with E-state index in [1.165, 1.54) is 20.4 Å². The molecule has 0 atom stereocenters. The minimum atomic E-state index is -4.24. The molecule has 0 saturated heterocycles. The Morgan fingerprint density at radius 1 is 1.17 bits per heavy atom. The standard InChI is InChI=1S/C20H19ClF2N6O5S/c1-10-6-7-25-29(10)16-12(21)5-4-11-13(8-24-15(11)16)35(30,31)28-20-26-18(32-2)17(19(27-20)33-3)34-9-14(22)23/h4-8,14,24H,9H2,1-3H3,(H,26,27,28). The number of alkyl halides is 2. The van der Waals surface area contributed by atoms with Crippen LogP contribution in [0.1, 0.15) is 5.69 Å². The molecule has 35 heavy (non-hydrogen) atoms. The average molecular weight is 529 g/mol. The Labute approximate surface area is 203 Å². The van der Waals surface area contributed by atoms with Crippen LogP contribution < -0.4 is 18.9 Å². The second kappa shape index (κ2) is 9.54. The lowest BCUT2D eigenvalue weighted by molar-refractivity contribution is 0.0781. The van der Waals surface area contributed by atoms with Crippen LogP contribution >= 0.6 is 11.6 Å². The van der Waals surface area contributed by atoms with Crippen molar-refractivity contribution in [3.8, 4) is 23.2 Å². The monoisotopic (exact) mass is 528 g/mol. The Kier molecular flexibility index (Phi) is 6.67. The molecule has 0 bridgehead atoms. The van der Waals surface area contributed by atoms with Gasteiger partial charge in [-0.25, -0.2) is 26.6 Å². The van der Waals surface area contributed by atoms with Crippen LogP contribution in [0.15, 0.2) is 35.5 Å². The number of halogens is 3. The molecule has 0 unspecified atom stereocenters. The zero-order valence-electron chi connectivity index (χ0n) is 18.5. The third kappa shape index (κ3) is 4.66. The molecule has 0 radical (unpaired) electrons. The summed E-state index contributed by atoms with van der Waals surface area (Å²) in [4.78, 5) is 10.7. The van der Waals surface area contributed by atoms with Gasteiger partial charge in [0.25, 0.3) is 28.2 Å². The summed E-state index contributed by atoms with van der Waals surface area (Å²) in [6.07, 6.45) is 0.119. The molecule has 15 heteroatoms. The normalized spacial score (nSPS) is 11.7. The van der Waals surface area contributed by atoms with E-state index in [2.05, 4.69) is 24.8 Å². The van der Waals surface area contributed by atoms with Crippen LogP contribution in [-0.2, 0) is 10.0 Å². The molecule has 0 aliphatic carbocycles. The molecule has 0 spiro atoms. The first kappa shape index (κ1) is 24.5. The molecule has 0 aliphatic heterocycles. The number of aromatic nitrogens is 5. The van der Waals surface area contributed by atoms with Gasteiger partial charge < -0.3 is 19.2 Å². The maximum atomic E-state index is 13.2. The van der Waals surface area contributed by atoms with Crippen molar-refractivity contribution in [3.05, 3.63) is 41.3 Å². The van der Waals surface area contributed by atoms with Crippen LogP contribution in [0.4, 0.5) is 14.7 Å². The first-order valence-electron chi connectivity index (χ1n) is 9.90. The van der Waals surface area contributed by atoms with Crippen molar-refractivity contribution >= 4 is 38.5 Å². The van der Waals surface area contributed by atoms with Crippen molar-refractivity contribution in [2.75, 3.05) is 25.5 Å². The Hall–Kier alpha value is -3.65. The van der Waals surface area contributed by atoms with E-state index in [4.69, 9.17) is 25.8 Å². The van der Waals surface area contributed by atoms with Crippen LogP contribution in [0.2, 0.25) is 5.02 Å². The number of fused-ring (bicyclic) bond motifs is 1. The molecule has 186 valence electrons. The molecule has 1 aromatic carbocycles. The summed E-state index contributed by atoms with van der Waals surface area (Å²) in [5.74, 6) is -1.30. The van der Waals surface area contributed by atoms with E-state index in [-0.39, 0.29) is 22.4 Å². The molecule has 4 aromatic rings. The number of hydrogen-bond donors (Lipinski definition) is 2. The lowest BCUT2D eigenvalue weighted by Gasteiger charge is -2.14. The van der Waals surface area contributed by atoms with E-state index in [1.807, 2.05) is 6.92 Å². The molecule has 11 nitrogen and oxygen atoms in total. The maximum absolute atomic E-state index is 13.2. The fraction of sp³-hybridized carbons (Fsp3) is 0.250. The van der Waals surface area contributed by atoms with E-state index in [9.17, 15) is 17.2 Å². The summed E-state index contributed by atoms with van der Waals surface area (Å²) in [5.41, 5.74) is 1.71. The highest BCUT2D eigenvalue weighted by Crippen LogP contribution is 2.37. The highest BCUT2D eigenvalue weighted by molar-refractivity contribution is 7.93. The summed E-state index contributed by atoms with van der Waals surface area (Å²) in [6, 6.07) is 4.89. The molecule has 0 saturated carbocycles. The SMILES string of the molecule is COc1nc(NS(=O)(=O)c2c[nH]c3c(-n4nccc4C)c(Cl)ccc23)nc(OC)c1OCC(F)F. The van der Waals surface area contributed by atoms with E-state index in [0.717, 1.165) is 5.69 Å². The highest BCUT2D eigenvalue weighted by Gasteiger charge is 2.26.